The lowest BCUT2D eigenvalue weighted by molar-refractivity contribution is -0.393. The highest BCUT2D eigenvalue weighted by atomic mass is 16.6. The number of nitrogens with zero attached hydrogens (tertiary/aromatic N) is 3. The summed E-state index contributed by atoms with van der Waals surface area (Å²) in [6.45, 7) is -0.353. The van der Waals surface area contributed by atoms with Crippen molar-refractivity contribution in [1.82, 2.24) is 0 Å². The zero-order chi connectivity index (χ0) is 19.1. The van der Waals surface area contributed by atoms with E-state index in [0.717, 1.165) is 12.1 Å². The van der Waals surface area contributed by atoms with Gasteiger partial charge in [0.2, 0.25) is 0 Å². The smallest absolute Gasteiger partial charge is 0.301 e. The minimum Gasteiger partial charge on any atom is -0.393 e. The van der Waals surface area contributed by atoms with Crippen LogP contribution in [0.3, 0.4) is 0 Å². The highest BCUT2D eigenvalue weighted by molar-refractivity contribution is 6.04. The number of ether oxygens (including phenoxy) is 1. The van der Waals surface area contributed by atoms with Crippen LogP contribution in [0.5, 0.6) is 0 Å². The van der Waals surface area contributed by atoms with E-state index in [9.17, 15) is 25.3 Å². The predicted molar refractivity (Wildman–Crippen MR) is 94.2 cm³/mol. The highest BCUT2D eigenvalue weighted by Gasteiger charge is 2.21. The lowest BCUT2D eigenvalue weighted by Gasteiger charge is -2.16. The molecule has 2 N–H and O–H groups in total. The van der Waals surface area contributed by atoms with E-state index in [2.05, 4.69) is 10.5 Å². The summed E-state index contributed by atoms with van der Waals surface area (Å²) in [7, 11) is 1.40. The summed E-state index contributed by atoms with van der Waals surface area (Å²) >= 11 is 0. The van der Waals surface area contributed by atoms with Gasteiger partial charge < -0.3 is 9.84 Å². The van der Waals surface area contributed by atoms with Gasteiger partial charge in [0.25, 0.3) is 5.69 Å². The monoisotopic (exact) mass is 360 g/mol. The van der Waals surface area contributed by atoms with E-state index in [0.29, 0.717) is 11.3 Å². The van der Waals surface area contributed by atoms with Gasteiger partial charge in [-0.25, -0.2) is 0 Å². The van der Waals surface area contributed by atoms with Crippen molar-refractivity contribution < 1.29 is 19.7 Å². The average Bonchev–Trinajstić information content (AvgIpc) is 2.65. The molecule has 0 saturated heterocycles. The molecule has 10 heteroatoms. The second kappa shape index (κ2) is 8.65. The standard InChI is InChI=1S/C16H16N4O6/c1-26-15(10-21)16(11-5-3-2-4-6-11)18-17-13-8-7-12(19(22)23)9-14(13)20(24)25/h2-9,15,17,21H,10H2,1H3/b18-16-. The fourth-order valence-electron chi connectivity index (χ4n) is 2.20. The number of anilines is 1. The van der Waals surface area contributed by atoms with Crippen LogP contribution >= 0.6 is 0 Å². The molecule has 0 spiro atoms. The molecule has 0 fully saturated rings. The third-order valence-electron chi connectivity index (χ3n) is 3.51. The van der Waals surface area contributed by atoms with E-state index in [1.54, 1.807) is 30.3 Å². The van der Waals surface area contributed by atoms with Gasteiger partial charge in [-0.1, -0.05) is 30.3 Å². The molecule has 136 valence electrons. The first-order valence-electron chi connectivity index (χ1n) is 7.43. The Bertz CT molecular complexity index is 821. The van der Waals surface area contributed by atoms with Crippen molar-refractivity contribution in [1.29, 1.82) is 0 Å². The third kappa shape index (κ3) is 4.37. The van der Waals surface area contributed by atoms with Gasteiger partial charge in [-0.15, -0.1) is 0 Å². The lowest BCUT2D eigenvalue weighted by Crippen LogP contribution is -2.28. The Morgan fingerprint density at radius 3 is 2.42 bits per heavy atom. The molecule has 0 aromatic heterocycles. The number of nitro groups is 2. The molecule has 0 bridgehead atoms. The number of hydrogen-bond donors (Lipinski definition) is 2. The average molecular weight is 360 g/mol. The number of aliphatic hydroxyl groups is 1. The van der Waals surface area contributed by atoms with Crippen LogP contribution in [0.25, 0.3) is 0 Å². The van der Waals surface area contributed by atoms with E-state index in [4.69, 9.17) is 4.74 Å². The second-order valence-corrected chi connectivity index (χ2v) is 5.10. The molecule has 0 aliphatic rings. The van der Waals surface area contributed by atoms with Crippen LogP contribution in [0.2, 0.25) is 0 Å². The fraction of sp³-hybridized carbons (Fsp3) is 0.188. The van der Waals surface area contributed by atoms with E-state index in [1.165, 1.54) is 13.2 Å². The maximum atomic E-state index is 11.2. The van der Waals surface area contributed by atoms with Gasteiger partial charge in [-0.2, -0.15) is 5.10 Å². The minimum absolute atomic E-state index is 0.0261. The molecule has 0 aliphatic carbocycles. The van der Waals surface area contributed by atoms with Crippen molar-refractivity contribution in [3.05, 3.63) is 74.3 Å². The number of hydrogen-bond acceptors (Lipinski definition) is 8. The zero-order valence-corrected chi connectivity index (χ0v) is 13.7. The number of benzene rings is 2. The number of nitro benzene ring substituents is 2. The van der Waals surface area contributed by atoms with Gasteiger partial charge in [-0.3, -0.25) is 25.7 Å². The van der Waals surface area contributed by atoms with Crippen LogP contribution in [0.1, 0.15) is 5.56 Å². The maximum absolute atomic E-state index is 11.2. The first-order valence-corrected chi connectivity index (χ1v) is 7.43. The number of non-ortho nitro benzene ring substituents is 1. The van der Waals surface area contributed by atoms with Crippen molar-refractivity contribution in [2.24, 2.45) is 5.10 Å². The van der Waals surface area contributed by atoms with Crippen molar-refractivity contribution >= 4 is 22.8 Å². The molecule has 0 aliphatic heterocycles. The van der Waals surface area contributed by atoms with E-state index in [-0.39, 0.29) is 12.3 Å². The molecule has 10 nitrogen and oxygen atoms in total. The maximum Gasteiger partial charge on any atom is 0.301 e. The molecule has 2 aromatic rings. The fourth-order valence-corrected chi connectivity index (χ4v) is 2.20. The zero-order valence-electron chi connectivity index (χ0n) is 13.7. The molecular weight excluding hydrogens is 344 g/mol. The molecule has 2 rings (SSSR count). The van der Waals surface area contributed by atoms with E-state index < -0.39 is 27.3 Å². The number of methoxy groups -OCH3 is 1. The van der Waals surface area contributed by atoms with E-state index >= 15 is 0 Å². The third-order valence-corrected chi connectivity index (χ3v) is 3.51. The normalized spacial score (nSPS) is 12.5. The molecule has 2 aromatic carbocycles. The van der Waals surface area contributed by atoms with Crippen molar-refractivity contribution in [3.8, 4) is 0 Å². The SMILES string of the molecule is COC(CO)/C(=N\Nc1ccc([N+](=O)[O-])cc1[N+](=O)[O-])c1ccccc1. The van der Waals surface area contributed by atoms with Crippen LogP contribution in [0.4, 0.5) is 17.1 Å². The van der Waals surface area contributed by atoms with Gasteiger partial charge in [0.15, 0.2) is 0 Å². The van der Waals surface area contributed by atoms with Crippen LogP contribution < -0.4 is 5.43 Å². The van der Waals surface area contributed by atoms with Gasteiger partial charge >= 0.3 is 5.69 Å². The van der Waals surface area contributed by atoms with Crippen LogP contribution in [0.15, 0.2) is 53.6 Å². The number of hydrazone groups is 1. The predicted octanol–water partition coefficient (Wildman–Crippen LogP) is 2.33. The van der Waals surface area contributed by atoms with Gasteiger partial charge in [0.05, 0.1) is 28.2 Å². The van der Waals surface area contributed by atoms with E-state index in [1.807, 2.05) is 0 Å². The van der Waals surface area contributed by atoms with Crippen LogP contribution in [-0.2, 0) is 4.74 Å². The Morgan fingerprint density at radius 1 is 1.19 bits per heavy atom. The molecule has 0 saturated carbocycles. The summed E-state index contributed by atoms with van der Waals surface area (Å²) in [6.07, 6.45) is -0.762. The Morgan fingerprint density at radius 2 is 1.88 bits per heavy atom. The molecule has 0 amide bonds. The summed E-state index contributed by atoms with van der Waals surface area (Å²) in [5.41, 5.74) is 2.59. The largest absolute Gasteiger partial charge is 0.393 e. The summed E-state index contributed by atoms with van der Waals surface area (Å²) in [6, 6.07) is 12.0. The Kier molecular flexibility index (Phi) is 6.31. The Balaban J connectivity index is 2.43. The lowest BCUT2D eigenvalue weighted by atomic mass is 10.1. The molecule has 1 atom stereocenters. The number of nitrogens with one attached hydrogen (secondary N) is 1. The molecule has 0 radical (unpaired) electrons. The Hall–Kier alpha value is -3.37. The number of aliphatic hydroxyl groups excluding tert-OH is 1. The number of rotatable bonds is 8. The van der Waals surface area contributed by atoms with Gasteiger partial charge in [0, 0.05) is 18.7 Å². The van der Waals surface area contributed by atoms with Crippen LogP contribution in [-0.4, -0.2) is 40.5 Å². The molecule has 1 unspecified atom stereocenters. The minimum atomic E-state index is -0.762. The molecular formula is C16H16N4O6. The van der Waals surface area contributed by atoms with Crippen molar-refractivity contribution in [2.45, 2.75) is 6.10 Å². The summed E-state index contributed by atoms with van der Waals surface area (Å²) in [5, 5.41) is 35.6. The summed E-state index contributed by atoms with van der Waals surface area (Å²) in [4.78, 5) is 20.5. The van der Waals surface area contributed by atoms with Gasteiger partial charge in [-0.05, 0) is 6.07 Å². The quantitative estimate of drug-likeness (QED) is 0.418. The summed E-state index contributed by atoms with van der Waals surface area (Å²) < 4.78 is 5.19. The van der Waals surface area contributed by atoms with Crippen molar-refractivity contribution in [3.63, 3.8) is 0 Å². The second-order valence-electron chi connectivity index (χ2n) is 5.10. The highest BCUT2D eigenvalue weighted by Crippen LogP contribution is 2.29. The molecule has 0 heterocycles. The Labute approximate surface area is 148 Å². The van der Waals surface area contributed by atoms with Crippen molar-refractivity contribution in [2.75, 3.05) is 19.1 Å². The summed E-state index contributed by atoms with van der Waals surface area (Å²) in [5.74, 6) is 0. The van der Waals surface area contributed by atoms with Gasteiger partial charge in [0.1, 0.15) is 11.8 Å². The topological polar surface area (TPSA) is 140 Å². The molecule has 26 heavy (non-hydrogen) atoms. The van der Waals surface area contributed by atoms with Crippen LogP contribution in [0, 0.1) is 20.2 Å². The first-order chi connectivity index (χ1) is 12.5. The first kappa shape index (κ1) is 19.0.